The van der Waals surface area contributed by atoms with E-state index in [1.54, 1.807) is 0 Å². The van der Waals surface area contributed by atoms with E-state index in [0.717, 1.165) is 25.4 Å². The first-order valence-electron chi connectivity index (χ1n) is 7.71. The third-order valence-electron chi connectivity index (χ3n) is 4.36. The van der Waals surface area contributed by atoms with Crippen molar-refractivity contribution in [3.63, 3.8) is 0 Å². The van der Waals surface area contributed by atoms with Gasteiger partial charge in [0.2, 0.25) is 5.91 Å². The number of likely N-dealkylation sites (tertiary alicyclic amines) is 1. The minimum Gasteiger partial charge on any atom is -0.341 e. The van der Waals surface area contributed by atoms with Crippen LogP contribution in [-0.4, -0.2) is 36.0 Å². The van der Waals surface area contributed by atoms with Crippen LogP contribution in [0.3, 0.4) is 0 Å². The zero-order valence-corrected chi connectivity index (χ0v) is 12.0. The third kappa shape index (κ3) is 3.71. The van der Waals surface area contributed by atoms with E-state index in [1.807, 2.05) is 0 Å². The van der Waals surface area contributed by atoms with Gasteiger partial charge < -0.3 is 10.2 Å². The number of nitrogens with one attached hydrogen (secondary N) is 1. The summed E-state index contributed by atoms with van der Waals surface area (Å²) in [7, 11) is 0. The van der Waals surface area contributed by atoms with Crippen molar-refractivity contribution in [2.24, 2.45) is 5.92 Å². The lowest BCUT2D eigenvalue weighted by Crippen LogP contribution is -2.41. The summed E-state index contributed by atoms with van der Waals surface area (Å²) >= 11 is 0. The van der Waals surface area contributed by atoms with Crippen molar-refractivity contribution >= 4 is 5.91 Å². The maximum atomic E-state index is 12.2. The van der Waals surface area contributed by atoms with E-state index in [2.05, 4.69) is 24.1 Å². The second kappa shape index (κ2) is 6.55. The first-order valence-corrected chi connectivity index (χ1v) is 7.71. The molecule has 1 heterocycles. The van der Waals surface area contributed by atoms with Gasteiger partial charge in [0.05, 0.1) is 6.04 Å². The van der Waals surface area contributed by atoms with Gasteiger partial charge in [-0.2, -0.15) is 0 Å². The summed E-state index contributed by atoms with van der Waals surface area (Å²) in [5.74, 6) is 1.21. The second-order valence-electron chi connectivity index (χ2n) is 6.28. The van der Waals surface area contributed by atoms with Crippen LogP contribution in [0.1, 0.15) is 58.8 Å². The summed E-state index contributed by atoms with van der Waals surface area (Å²) in [5, 5.41) is 3.37. The average Bonchev–Trinajstić information content (AvgIpc) is 2.69. The minimum atomic E-state index is 0.0800. The Kier molecular flexibility index (Phi) is 5.04. The average molecular weight is 252 g/mol. The first-order chi connectivity index (χ1) is 8.66. The van der Waals surface area contributed by atoms with Gasteiger partial charge in [-0.05, 0) is 18.8 Å². The van der Waals surface area contributed by atoms with Crippen LogP contribution >= 0.6 is 0 Å². The molecule has 1 aliphatic heterocycles. The molecule has 0 spiro atoms. The molecule has 1 amide bonds. The van der Waals surface area contributed by atoms with Crippen molar-refractivity contribution in [1.29, 1.82) is 0 Å². The molecule has 1 saturated carbocycles. The number of rotatable bonds is 5. The van der Waals surface area contributed by atoms with Gasteiger partial charge in [-0.25, -0.2) is 0 Å². The standard InChI is InChI=1S/C15H28N2O/c1-12(2)16-14-9-11-17(15(14)18)10-8-13-6-4-3-5-7-13/h12-14,16H,3-11H2,1-2H3. The van der Waals surface area contributed by atoms with Crippen molar-refractivity contribution in [1.82, 2.24) is 10.2 Å². The Morgan fingerprint density at radius 3 is 2.61 bits per heavy atom. The van der Waals surface area contributed by atoms with Crippen LogP contribution in [0, 0.1) is 5.92 Å². The largest absolute Gasteiger partial charge is 0.341 e. The molecule has 0 aromatic rings. The van der Waals surface area contributed by atoms with Gasteiger partial charge in [0, 0.05) is 19.1 Å². The lowest BCUT2D eigenvalue weighted by Gasteiger charge is -2.24. The molecule has 1 unspecified atom stereocenters. The summed E-state index contributed by atoms with van der Waals surface area (Å²) in [6.45, 7) is 6.16. The van der Waals surface area contributed by atoms with Gasteiger partial charge in [0.15, 0.2) is 0 Å². The predicted octanol–water partition coefficient (Wildman–Crippen LogP) is 2.56. The molecule has 3 nitrogen and oxygen atoms in total. The summed E-state index contributed by atoms with van der Waals surface area (Å²) < 4.78 is 0. The van der Waals surface area contributed by atoms with E-state index < -0.39 is 0 Å². The fraction of sp³-hybridized carbons (Fsp3) is 0.933. The van der Waals surface area contributed by atoms with Gasteiger partial charge in [-0.15, -0.1) is 0 Å². The van der Waals surface area contributed by atoms with Gasteiger partial charge in [0.1, 0.15) is 0 Å². The highest BCUT2D eigenvalue weighted by Crippen LogP contribution is 2.27. The molecule has 0 aromatic carbocycles. The number of hydrogen-bond donors (Lipinski definition) is 1. The molecule has 2 fully saturated rings. The van der Waals surface area contributed by atoms with Crippen molar-refractivity contribution in [2.75, 3.05) is 13.1 Å². The zero-order valence-electron chi connectivity index (χ0n) is 12.0. The van der Waals surface area contributed by atoms with Crippen molar-refractivity contribution in [3.05, 3.63) is 0 Å². The lowest BCUT2D eigenvalue weighted by molar-refractivity contribution is -0.129. The first kappa shape index (κ1) is 13.9. The third-order valence-corrected chi connectivity index (χ3v) is 4.36. The van der Waals surface area contributed by atoms with E-state index >= 15 is 0 Å². The quantitative estimate of drug-likeness (QED) is 0.815. The highest BCUT2D eigenvalue weighted by Gasteiger charge is 2.31. The number of nitrogens with zero attached hydrogens (tertiary/aromatic N) is 1. The molecule has 1 aliphatic carbocycles. The van der Waals surface area contributed by atoms with E-state index in [-0.39, 0.29) is 6.04 Å². The molecule has 3 heteroatoms. The maximum absolute atomic E-state index is 12.2. The smallest absolute Gasteiger partial charge is 0.239 e. The Bertz CT molecular complexity index is 272. The topological polar surface area (TPSA) is 32.3 Å². The van der Waals surface area contributed by atoms with Crippen molar-refractivity contribution in [3.8, 4) is 0 Å². The SMILES string of the molecule is CC(C)NC1CCN(CCC2CCCCC2)C1=O. The van der Waals surface area contributed by atoms with Crippen LogP contribution in [-0.2, 0) is 4.79 Å². The molecule has 0 aromatic heterocycles. The fourth-order valence-electron chi connectivity index (χ4n) is 3.33. The molecule has 2 rings (SSSR count). The van der Waals surface area contributed by atoms with E-state index in [9.17, 15) is 4.79 Å². The fourth-order valence-corrected chi connectivity index (χ4v) is 3.33. The highest BCUT2D eigenvalue weighted by atomic mass is 16.2. The summed E-state index contributed by atoms with van der Waals surface area (Å²) in [4.78, 5) is 14.3. The highest BCUT2D eigenvalue weighted by molar-refractivity contribution is 5.83. The Morgan fingerprint density at radius 2 is 1.94 bits per heavy atom. The Hall–Kier alpha value is -0.570. The van der Waals surface area contributed by atoms with Crippen molar-refractivity contribution < 1.29 is 4.79 Å². The molecule has 0 radical (unpaired) electrons. The summed E-state index contributed by atoms with van der Waals surface area (Å²) in [5.41, 5.74) is 0. The van der Waals surface area contributed by atoms with Crippen LogP contribution < -0.4 is 5.32 Å². The van der Waals surface area contributed by atoms with Gasteiger partial charge in [0.25, 0.3) is 0 Å². The van der Waals surface area contributed by atoms with Crippen LogP contribution in [0.25, 0.3) is 0 Å². The number of amides is 1. The Balaban J connectivity index is 1.72. The molecule has 0 bridgehead atoms. The maximum Gasteiger partial charge on any atom is 0.239 e. The van der Waals surface area contributed by atoms with Crippen molar-refractivity contribution in [2.45, 2.75) is 70.9 Å². The van der Waals surface area contributed by atoms with Crippen LogP contribution in [0.2, 0.25) is 0 Å². The molecular weight excluding hydrogens is 224 g/mol. The number of carbonyl (C=O) groups is 1. The van der Waals surface area contributed by atoms with Crippen LogP contribution in [0.4, 0.5) is 0 Å². The van der Waals surface area contributed by atoms with Crippen LogP contribution in [0.5, 0.6) is 0 Å². The normalized spacial score (nSPS) is 26.3. The monoisotopic (exact) mass is 252 g/mol. The molecule has 1 saturated heterocycles. The summed E-state index contributed by atoms with van der Waals surface area (Å²) in [6, 6.07) is 0.480. The Labute approximate surface area is 111 Å². The minimum absolute atomic E-state index is 0.0800. The van der Waals surface area contributed by atoms with Gasteiger partial charge in [-0.3, -0.25) is 4.79 Å². The molecular formula is C15H28N2O. The molecule has 18 heavy (non-hydrogen) atoms. The predicted molar refractivity (Wildman–Crippen MR) is 74.4 cm³/mol. The van der Waals surface area contributed by atoms with Crippen LogP contribution in [0.15, 0.2) is 0 Å². The van der Waals surface area contributed by atoms with E-state index in [1.165, 1.54) is 38.5 Å². The lowest BCUT2D eigenvalue weighted by atomic mass is 9.87. The molecule has 1 atom stereocenters. The number of hydrogen-bond acceptors (Lipinski definition) is 2. The van der Waals surface area contributed by atoms with E-state index in [0.29, 0.717) is 11.9 Å². The van der Waals surface area contributed by atoms with Gasteiger partial charge >= 0.3 is 0 Å². The zero-order chi connectivity index (χ0) is 13.0. The molecule has 104 valence electrons. The number of carbonyl (C=O) groups excluding carboxylic acids is 1. The molecule has 2 aliphatic rings. The molecule has 1 N–H and O–H groups in total. The Morgan fingerprint density at radius 1 is 1.22 bits per heavy atom. The summed E-state index contributed by atoms with van der Waals surface area (Å²) in [6.07, 6.45) is 9.19. The second-order valence-corrected chi connectivity index (χ2v) is 6.28. The van der Waals surface area contributed by atoms with Gasteiger partial charge in [-0.1, -0.05) is 46.0 Å². The van der Waals surface area contributed by atoms with E-state index in [4.69, 9.17) is 0 Å².